The van der Waals surface area contributed by atoms with Crippen LogP contribution in [0, 0.1) is 13.8 Å². The molecular weight excluding hydrogens is 232 g/mol. The largest absolute Gasteiger partial charge is 0.311 e. The zero-order valence-electron chi connectivity index (χ0n) is 13.7. The maximum atomic E-state index is 3.52. The summed E-state index contributed by atoms with van der Waals surface area (Å²) >= 11 is 0. The van der Waals surface area contributed by atoms with Gasteiger partial charge in [0.1, 0.15) is 0 Å². The maximum Gasteiger partial charge on any atom is 0.0499 e. The minimum Gasteiger partial charge on any atom is -0.311 e. The molecule has 0 bridgehead atoms. The Morgan fingerprint density at radius 3 is 1.89 bits per heavy atom. The lowest BCUT2D eigenvalue weighted by Gasteiger charge is -2.43. The number of aryl methyl sites for hydroxylation is 2. The number of nitrogens with zero attached hydrogens (tertiary/aromatic N) is 1. The molecule has 0 aliphatic rings. The van der Waals surface area contributed by atoms with Gasteiger partial charge in [0.2, 0.25) is 0 Å². The molecule has 0 amide bonds. The number of rotatable bonds is 6. The van der Waals surface area contributed by atoms with Gasteiger partial charge in [0.25, 0.3) is 0 Å². The first-order valence-corrected chi connectivity index (χ1v) is 7.37. The molecule has 1 unspecified atom stereocenters. The van der Waals surface area contributed by atoms with Crippen LogP contribution < -0.4 is 5.32 Å². The maximum absolute atomic E-state index is 3.52. The fourth-order valence-electron chi connectivity index (χ4n) is 3.33. The molecule has 1 N–H and O–H groups in total. The molecule has 0 aliphatic carbocycles. The van der Waals surface area contributed by atoms with Crippen molar-refractivity contribution in [1.29, 1.82) is 0 Å². The van der Waals surface area contributed by atoms with E-state index in [1.54, 1.807) is 0 Å². The fraction of sp³-hybridized carbons (Fsp3) is 0.647. The van der Waals surface area contributed by atoms with Gasteiger partial charge in [-0.25, -0.2) is 0 Å². The summed E-state index contributed by atoms with van der Waals surface area (Å²) in [4.78, 5) is 2.52. The first-order valence-electron chi connectivity index (χ1n) is 7.37. The van der Waals surface area contributed by atoms with Gasteiger partial charge in [-0.3, -0.25) is 4.90 Å². The molecule has 0 spiro atoms. The second-order valence-corrected chi connectivity index (χ2v) is 5.97. The molecule has 0 saturated carbocycles. The minimum atomic E-state index is 0.0957. The van der Waals surface area contributed by atoms with Gasteiger partial charge in [-0.15, -0.1) is 0 Å². The van der Waals surface area contributed by atoms with Crippen LogP contribution in [-0.2, 0) is 0 Å². The van der Waals surface area contributed by atoms with E-state index in [9.17, 15) is 0 Å². The van der Waals surface area contributed by atoms with Crippen LogP contribution in [0.5, 0.6) is 0 Å². The predicted octanol–water partition coefficient (Wildman–Crippen LogP) is 3.68. The summed E-state index contributed by atoms with van der Waals surface area (Å²) in [5.74, 6) is 0. The molecule has 0 aromatic heterocycles. The lowest BCUT2D eigenvalue weighted by molar-refractivity contribution is 0.0944. The Morgan fingerprint density at radius 2 is 1.53 bits per heavy atom. The molecule has 0 heterocycles. The van der Waals surface area contributed by atoms with E-state index in [1.807, 2.05) is 0 Å². The van der Waals surface area contributed by atoms with Crippen LogP contribution in [0.4, 0.5) is 0 Å². The normalized spacial score (nSPS) is 13.9. The smallest absolute Gasteiger partial charge is 0.0499 e. The van der Waals surface area contributed by atoms with Crippen molar-refractivity contribution in [3.05, 3.63) is 34.9 Å². The number of hydrogen-bond acceptors (Lipinski definition) is 2. The van der Waals surface area contributed by atoms with Crippen LogP contribution in [0.3, 0.4) is 0 Å². The van der Waals surface area contributed by atoms with E-state index in [-0.39, 0.29) is 5.54 Å². The Kier molecular flexibility index (Phi) is 5.57. The molecule has 0 aliphatic heterocycles. The monoisotopic (exact) mass is 262 g/mol. The zero-order valence-corrected chi connectivity index (χ0v) is 13.7. The van der Waals surface area contributed by atoms with Crippen molar-refractivity contribution in [1.82, 2.24) is 10.2 Å². The molecule has 1 atom stereocenters. The summed E-state index contributed by atoms with van der Waals surface area (Å²) < 4.78 is 0. The summed E-state index contributed by atoms with van der Waals surface area (Å²) in [6.45, 7) is 15.6. The molecule has 0 saturated heterocycles. The van der Waals surface area contributed by atoms with Crippen LogP contribution in [0.2, 0.25) is 0 Å². The topological polar surface area (TPSA) is 15.3 Å². The molecule has 2 heteroatoms. The molecule has 2 nitrogen and oxygen atoms in total. The third-order valence-electron chi connectivity index (χ3n) is 4.15. The van der Waals surface area contributed by atoms with Gasteiger partial charge in [-0.05, 0) is 53.4 Å². The summed E-state index contributed by atoms with van der Waals surface area (Å²) in [5, 5.41) is 3.52. The van der Waals surface area contributed by atoms with Crippen molar-refractivity contribution in [2.45, 2.75) is 53.1 Å². The van der Waals surface area contributed by atoms with Crippen molar-refractivity contribution in [2.75, 3.05) is 20.1 Å². The van der Waals surface area contributed by atoms with Gasteiger partial charge in [0.05, 0.1) is 0 Å². The van der Waals surface area contributed by atoms with Gasteiger partial charge >= 0.3 is 0 Å². The second-order valence-electron chi connectivity index (χ2n) is 5.97. The highest BCUT2D eigenvalue weighted by Gasteiger charge is 2.34. The first kappa shape index (κ1) is 16.2. The van der Waals surface area contributed by atoms with E-state index in [1.165, 1.54) is 16.7 Å². The molecule has 1 aromatic carbocycles. The van der Waals surface area contributed by atoms with Gasteiger partial charge in [0, 0.05) is 11.6 Å². The Labute approximate surface area is 119 Å². The van der Waals surface area contributed by atoms with Crippen molar-refractivity contribution < 1.29 is 0 Å². The molecule has 1 rings (SSSR count). The standard InChI is InChI=1S/C17H30N2/c1-8-19(9-2)17(5,6)16(18-7)15-11-13(3)10-14(4)12-15/h10-12,16,18H,8-9H2,1-7H3. The highest BCUT2D eigenvalue weighted by Crippen LogP contribution is 2.31. The third-order valence-corrected chi connectivity index (χ3v) is 4.15. The van der Waals surface area contributed by atoms with Gasteiger partial charge in [-0.1, -0.05) is 43.2 Å². The molecule has 0 radical (unpaired) electrons. The quantitative estimate of drug-likeness (QED) is 0.841. The number of likely N-dealkylation sites (N-methyl/N-ethyl adjacent to an activating group) is 2. The lowest BCUT2D eigenvalue weighted by atomic mass is 9.85. The van der Waals surface area contributed by atoms with Gasteiger partial charge < -0.3 is 5.32 Å². The summed E-state index contributed by atoms with van der Waals surface area (Å²) in [7, 11) is 2.06. The Bertz CT molecular complexity index is 385. The average Bonchev–Trinajstić information content (AvgIpc) is 2.29. The van der Waals surface area contributed by atoms with E-state index in [4.69, 9.17) is 0 Å². The molecule has 1 aromatic rings. The lowest BCUT2D eigenvalue weighted by Crippen LogP contribution is -2.52. The highest BCUT2D eigenvalue weighted by molar-refractivity contribution is 5.32. The predicted molar refractivity (Wildman–Crippen MR) is 84.7 cm³/mol. The van der Waals surface area contributed by atoms with E-state index >= 15 is 0 Å². The SMILES string of the molecule is CCN(CC)C(C)(C)C(NC)c1cc(C)cc(C)c1. The summed E-state index contributed by atoms with van der Waals surface area (Å²) in [6, 6.07) is 7.19. The first-order chi connectivity index (χ1) is 8.86. The van der Waals surface area contributed by atoms with Crippen LogP contribution in [0.15, 0.2) is 18.2 Å². The molecule has 108 valence electrons. The van der Waals surface area contributed by atoms with Crippen LogP contribution in [0.1, 0.15) is 50.4 Å². The van der Waals surface area contributed by atoms with Crippen molar-refractivity contribution in [3.63, 3.8) is 0 Å². The summed E-state index contributed by atoms with van der Waals surface area (Å²) in [6.07, 6.45) is 0. The minimum absolute atomic E-state index is 0.0957. The van der Waals surface area contributed by atoms with Gasteiger partial charge in [-0.2, -0.15) is 0 Å². The Balaban J connectivity index is 3.18. The Hall–Kier alpha value is -0.860. The third kappa shape index (κ3) is 3.58. The van der Waals surface area contributed by atoms with E-state index in [2.05, 4.69) is 77.0 Å². The molecular formula is C17H30N2. The van der Waals surface area contributed by atoms with Crippen molar-refractivity contribution in [2.24, 2.45) is 0 Å². The van der Waals surface area contributed by atoms with E-state index in [0.717, 1.165) is 13.1 Å². The van der Waals surface area contributed by atoms with Crippen LogP contribution in [0.25, 0.3) is 0 Å². The number of benzene rings is 1. The van der Waals surface area contributed by atoms with E-state index < -0.39 is 0 Å². The highest BCUT2D eigenvalue weighted by atomic mass is 15.2. The van der Waals surface area contributed by atoms with Crippen molar-refractivity contribution >= 4 is 0 Å². The second kappa shape index (κ2) is 6.53. The Morgan fingerprint density at radius 1 is 1.05 bits per heavy atom. The molecule has 0 fully saturated rings. The van der Waals surface area contributed by atoms with Crippen LogP contribution in [-0.4, -0.2) is 30.6 Å². The van der Waals surface area contributed by atoms with Gasteiger partial charge in [0.15, 0.2) is 0 Å². The van der Waals surface area contributed by atoms with E-state index in [0.29, 0.717) is 6.04 Å². The fourth-order valence-corrected chi connectivity index (χ4v) is 3.33. The zero-order chi connectivity index (χ0) is 14.6. The average molecular weight is 262 g/mol. The number of nitrogens with one attached hydrogen (secondary N) is 1. The van der Waals surface area contributed by atoms with Crippen molar-refractivity contribution in [3.8, 4) is 0 Å². The summed E-state index contributed by atoms with van der Waals surface area (Å²) in [5.41, 5.74) is 4.16. The number of hydrogen-bond donors (Lipinski definition) is 1. The molecule has 19 heavy (non-hydrogen) atoms. The van der Waals surface area contributed by atoms with Crippen LogP contribution >= 0.6 is 0 Å².